The van der Waals surface area contributed by atoms with E-state index in [0.717, 1.165) is 11.6 Å². The number of aliphatic carboxylic acids is 1. The predicted molar refractivity (Wildman–Crippen MR) is 144 cm³/mol. The first-order valence-corrected chi connectivity index (χ1v) is 12.2. The number of nitrogens with zero attached hydrogens (tertiary/aromatic N) is 4. The number of nitrogens with one attached hydrogen (secondary N) is 3. The van der Waals surface area contributed by atoms with Crippen LogP contribution in [0.1, 0.15) is 35.5 Å². The van der Waals surface area contributed by atoms with Crippen LogP contribution in [0.3, 0.4) is 0 Å². The van der Waals surface area contributed by atoms with E-state index < -0.39 is 24.4 Å². The molecule has 0 aliphatic carbocycles. The number of nitrogens with two attached hydrogens (primary N) is 1. The number of anilines is 1. The quantitative estimate of drug-likeness (QED) is 0.147. The van der Waals surface area contributed by atoms with Gasteiger partial charge < -0.3 is 30.4 Å². The monoisotopic (exact) mass is 566 g/mol. The highest BCUT2D eigenvalue weighted by Crippen LogP contribution is 2.39. The zero-order valence-corrected chi connectivity index (χ0v) is 21.8. The summed E-state index contributed by atoms with van der Waals surface area (Å²) in [4.78, 5) is 32.8. The number of carboxylic acids is 1. The fourth-order valence-corrected chi connectivity index (χ4v) is 3.86. The van der Waals surface area contributed by atoms with Crippen molar-refractivity contribution in [3.05, 3.63) is 87.9 Å². The van der Waals surface area contributed by atoms with Crippen LogP contribution in [0.15, 0.2) is 59.7 Å². The summed E-state index contributed by atoms with van der Waals surface area (Å²) >= 11 is 0. The molecule has 5 rings (SSSR count). The third-order valence-electron chi connectivity index (χ3n) is 5.52. The second-order valence-electron chi connectivity index (χ2n) is 8.52. The summed E-state index contributed by atoms with van der Waals surface area (Å²) in [5, 5.41) is 22.8. The lowest BCUT2D eigenvalue weighted by molar-refractivity contribution is -0.134. The molecule has 0 spiro atoms. The van der Waals surface area contributed by atoms with Gasteiger partial charge in [-0.15, -0.1) is 9.78 Å². The van der Waals surface area contributed by atoms with Crippen LogP contribution in [0.5, 0.6) is 11.5 Å². The van der Waals surface area contributed by atoms with Crippen LogP contribution in [-0.2, 0) is 16.1 Å². The first kappa shape index (κ1) is 28.7. The Morgan fingerprint density at radius 3 is 2.66 bits per heavy atom. The average molecular weight is 567 g/mol. The van der Waals surface area contributed by atoms with Gasteiger partial charge in [-0.2, -0.15) is 0 Å². The fraction of sp³-hybridized carbons (Fsp3) is 0.231. The number of alkyl halides is 1. The van der Waals surface area contributed by atoms with Gasteiger partial charge in [-0.05, 0) is 48.0 Å². The number of H-pyrrole nitrogens is 1. The van der Waals surface area contributed by atoms with Crippen LogP contribution in [0, 0.1) is 5.41 Å². The standard InChI is InChI=1S/C24H23FN8O4.C2H4O2/c25-6-9-36-18-11-15(10-16-12-35-13-37-20(16)18)19(30-17-4-2-14(3-5-17)21(26)27)22-31-24(34)33(32-22)23-28-7-1-8-29-23;1-2(3)4/h1-5,7-8,10-11,19,30H,6,9,12-13H2,(H3,26,27)(H,31,32,34);1H3,(H,3,4)/t19-;/m0./s1. The highest BCUT2D eigenvalue weighted by Gasteiger charge is 2.26. The lowest BCUT2D eigenvalue weighted by atomic mass is 10.0. The van der Waals surface area contributed by atoms with E-state index in [4.69, 9.17) is 35.3 Å². The zero-order valence-electron chi connectivity index (χ0n) is 21.8. The van der Waals surface area contributed by atoms with Crippen molar-refractivity contribution in [1.82, 2.24) is 24.7 Å². The summed E-state index contributed by atoms with van der Waals surface area (Å²) in [6, 6.07) is 11.4. The molecular formula is C26H27FN8O6. The number of aromatic amines is 1. The van der Waals surface area contributed by atoms with Gasteiger partial charge >= 0.3 is 5.69 Å². The maximum absolute atomic E-state index is 12.9. The molecule has 2 aromatic heterocycles. The Hall–Kier alpha value is -5.31. The largest absolute Gasteiger partial charge is 0.487 e. The highest BCUT2D eigenvalue weighted by molar-refractivity contribution is 5.95. The summed E-state index contributed by atoms with van der Waals surface area (Å²) in [6.07, 6.45) is 3.01. The molecule has 1 aliphatic heterocycles. The molecule has 0 unspecified atom stereocenters. The van der Waals surface area contributed by atoms with Crippen molar-refractivity contribution in [2.24, 2.45) is 5.73 Å². The van der Waals surface area contributed by atoms with Crippen LogP contribution >= 0.6 is 0 Å². The van der Waals surface area contributed by atoms with Crippen molar-refractivity contribution in [1.29, 1.82) is 5.41 Å². The summed E-state index contributed by atoms with van der Waals surface area (Å²) in [5.74, 6) is 0.310. The van der Waals surface area contributed by atoms with E-state index in [0.29, 0.717) is 33.9 Å². The van der Waals surface area contributed by atoms with Crippen molar-refractivity contribution in [2.45, 2.75) is 19.6 Å². The Labute approximate surface area is 232 Å². The third-order valence-corrected chi connectivity index (χ3v) is 5.52. The van der Waals surface area contributed by atoms with Crippen molar-refractivity contribution >= 4 is 17.5 Å². The molecule has 0 saturated heterocycles. The summed E-state index contributed by atoms with van der Waals surface area (Å²) < 4.78 is 30.7. The van der Waals surface area contributed by atoms with Crippen molar-refractivity contribution in [2.75, 3.05) is 25.4 Å². The SMILES string of the molecule is CC(=O)O.N=C(N)c1ccc(N[C@@H](c2cc3c(c(OCCF)c2)OCOC3)c2nn(-c3ncccn3)c(=O)[nH]2)cc1. The molecule has 0 radical (unpaired) electrons. The molecule has 0 bridgehead atoms. The van der Waals surface area contributed by atoms with Crippen molar-refractivity contribution in [3.8, 4) is 17.4 Å². The molecule has 4 aromatic rings. The molecule has 1 atom stereocenters. The summed E-state index contributed by atoms with van der Waals surface area (Å²) in [5.41, 5.74) is 7.62. The Balaban J connectivity index is 0.000000909. The van der Waals surface area contributed by atoms with Gasteiger partial charge in [0.15, 0.2) is 24.1 Å². The molecule has 0 saturated carbocycles. The van der Waals surface area contributed by atoms with Gasteiger partial charge in [0, 0.05) is 36.1 Å². The van der Waals surface area contributed by atoms with Gasteiger partial charge in [-0.25, -0.2) is 19.2 Å². The second kappa shape index (κ2) is 13.2. The predicted octanol–water partition coefficient (Wildman–Crippen LogP) is 2.14. The average Bonchev–Trinajstić information content (AvgIpc) is 3.36. The van der Waals surface area contributed by atoms with Gasteiger partial charge in [0.05, 0.1) is 6.61 Å². The van der Waals surface area contributed by atoms with Crippen molar-refractivity contribution < 1.29 is 28.5 Å². The van der Waals surface area contributed by atoms with Gasteiger partial charge in [0.2, 0.25) is 0 Å². The lowest BCUT2D eigenvalue weighted by Gasteiger charge is -2.24. The molecule has 0 fully saturated rings. The number of hydrogen-bond acceptors (Lipinski definition) is 10. The van der Waals surface area contributed by atoms with Gasteiger partial charge in [0.1, 0.15) is 25.2 Å². The number of ether oxygens (including phenoxy) is 3. The van der Waals surface area contributed by atoms with Gasteiger partial charge in [-0.3, -0.25) is 15.2 Å². The number of halogens is 1. The number of rotatable bonds is 9. The van der Waals surface area contributed by atoms with Crippen LogP contribution in [0.25, 0.3) is 5.95 Å². The first-order valence-electron chi connectivity index (χ1n) is 12.2. The molecule has 214 valence electrons. The van der Waals surface area contributed by atoms with E-state index in [2.05, 4.69) is 25.4 Å². The van der Waals surface area contributed by atoms with Crippen LogP contribution in [0.2, 0.25) is 0 Å². The number of hydrogen-bond donors (Lipinski definition) is 5. The van der Waals surface area contributed by atoms with Crippen LogP contribution in [0.4, 0.5) is 10.1 Å². The van der Waals surface area contributed by atoms with E-state index in [1.165, 1.54) is 12.4 Å². The van der Waals surface area contributed by atoms with Crippen molar-refractivity contribution in [3.63, 3.8) is 0 Å². The normalized spacial score (nSPS) is 12.6. The zero-order chi connectivity index (χ0) is 29.4. The number of fused-ring (bicyclic) bond motifs is 1. The molecule has 14 nitrogen and oxygen atoms in total. The number of carbonyl (C=O) groups is 1. The smallest absolute Gasteiger partial charge is 0.350 e. The minimum Gasteiger partial charge on any atom is -0.487 e. The molecule has 3 heterocycles. The summed E-state index contributed by atoms with van der Waals surface area (Å²) in [6.45, 7) is 0.575. The number of benzene rings is 2. The molecule has 6 N–H and O–H groups in total. The minimum absolute atomic E-state index is 0.0529. The number of aromatic nitrogens is 5. The van der Waals surface area contributed by atoms with E-state index in [1.54, 1.807) is 36.4 Å². The number of carboxylic acid groups (broad SMARTS) is 1. The lowest BCUT2D eigenvalue weighted by Crippen LogP contribution is -2.18. The maximum Gasteiger partial charge on any atom is 0.350 e. The Morgan fingerprint density at radius 1 is 1.29 bits per heavy atom. The minimum atomic E-state index is -0.833. The second-order valence-corrected chi connectivity index (χ2v) is 8.52. The van der Waals surface area contributed by atoms with E-state index >= 15 is 0 Å². The molecule has 41 heavy (non-hydrogen) atoms. The van der Waals surface area contributed by atoms with Crippen LogP contribution in [-0.4, -0.2) is 61.7 Å². The Kier molecular flexibility index (Phi) is 9.21. The van der Waals surface area contributed by atoms with E-state index in [1.807, 2.05) is 6.07 Å². The maximum atomic E-state index is 12.9. The molecule has 1 aliphatic rings. The van der Waals surface area contributed by atoms with Crippen LogP contribution < -0.4 is 26.2 Å². The topological polar surface area (TPSA) is 203 Å². The fourth-order valence-electron chi connectivity index (χ4n) is 3.86. The molecule has 15 heteroatoms. The molecule has 0 amide bonds. The third kappa shape index (κ3) is 7.21. The van der Waals surface area contributed by atoms with E-state index in [9.17, 15) is 9.18 Å². The molecular weight excluding hydrogens is 539 g/mol. The van der Waals surface area contributed by atoms with Gasteiger partial charge in [0.25, 0.3) is 11.9 Å². The Morgan fingerprint density at radius 2 is 2.00 bits per heavy atom. The Bertz CT molecular complexity index is 1550. The highest BCUT2D eigenvalue weighted by atomic mass is 19.1. The number of amidine groups is 1. The first-order chi connectivity index (χ1) is 19.8. The summed E-state index contributed by atoms with van der Waals surface area (Å²) in [7, 11) is 0. The van der Waals surface area contributed by atoms with E-state index in [-0.39, 0.29) is 37.6 Å². The van der Waals surface area contributed by atoms with Gasteiger partial charge in [-0.1, -0.05) is 0 Å². The molecule has 2 aromatic carbocycles. The number of nitrogen functional groups attached to an aromatic ring is 1.